The summed E-state index contributed by atoms with van der Waals surface area (Å²) in [6.07, 6.45) is 7.48. The molecule has 1 saturated heterocycles. The molecule has 2 N–H and O–H groups in total. The van der Waals surface area contributed by atoms with E-state index in [9.17, 15) is 4.79 Å². The quantitative estimate of drug-likeness (QED) is 0.419. The fourth-order valence-electron chi connectivity index (χ4n) is 4.61. The number of carbonyl (C=O) groups is 1. The number of piperidine rings is 1. The van der Waals surface area contributed by atoms with Gasteiger partial charge >= 0.3 is 0 Å². The minimum absolute atomic E-state index is 0.134. The Morgan fingerprint density at radius 2 is 2.03 bits per heavy atom. The van der Waals surface area contributed by atoms with E-state index in [0.29, 0.717) is 11.4 Å². The van der Waals surface area contributed by atoms with E-state index in [-0.39, 0.29) is 11.9 Å². The number of fused-ring (bicyclic) bond motifs is 2. The summed E-state index contributed by atoms with van der Waals surface area (Å²) < 4.78 is 9.29. The van der Waals surface area contributed by atoms with E-state index in [1.54, 1.807) is 24.5 Å². The molecule has 9 heteroatoms. The highest BCUT2D eigenvalue weighted by Crippen LogP contribution is 2.39. The van der Waals surface area contributed by atoms with E-state index >= 15 is 0 Å². The highest BCUT2D eigenvalue weighted by molar-refractivity contribution is 7.17. The molecule has 1 fully saturated rings. The topological polar surface area (TPSA) is 103 Å². The predicted molar refractivity (Wildman–Crippen MR) is 129 cm³/mol. The van der Waals surface area contributed by atoms with Crippen molar-refractivity contribution in [2.45, 2.75) is 25.8 Å². The van der Waals surface area contributed by atoms with E-state index in [2.05, 4.69) is 21.3 Å². The van der Waals surface area contributed by atoms with Gasteiger partial charge in [0.15, 0.2) is 11.4 Å². The second-order valence-electron chi connectivity index (χ2n) is 8.36. The van der Waals surface area contributed by atoms with E-state index < -0.39 is 0 Å². The maximum atomic E-state index is 11.6. The van der Waals surface area contributed by atoms with Crippen LogP contribution in [0.2, 0.25) is 0 Å². The summed E-state index contributed by atoms with van der Waals surface area (Å²) in [4.78, 5) is 22.3. The third-order valence-electron chi connectivity index (χ3n) is 6.41. The number of furan rings is 1. The van der Waals surface area contributed by atoms with Crippen molar-refractivity contribution in [3.63, 3.8) is 0 Å². The molecule has 5 heterocycles. The minimum atomic E-state index is 0.134. The number of likely N-dealkylation sites (tertiary alicyclic amines) is 1. The molecule has 0 spiro atoms. The number of benzene rings is 1. The number of thiazole rings is 1. The number of nitrogens with zero attached hydrogens (tertiary/aromatic N) is 5. The van der Waals surface area contributed by atoms with Gasteiger partial charge in [0.2, 0.25) is 5.91 Å². The first kappa shape index (κ1) is 19.9. The van der Waals surface area contributed by atoms with Gasteiger partial charge in [-0.3, -0.25) is 9.48 Å². The van der Waals surface area contributed by atoms with Gasteiger partial charge in [-0.2, -0.15) is 5.10 Å². The number of hydrogen-bond donors (Lipinski definition) is 1. The summed E-state index contributed by atoms with van der Waals surface area (Å²) in [5, 5.41) is 5.54. The van der Waals surface area contributed by atoms with Gasteiger partial charge in [-0.05, 0) is 31.0 Å². The van der Waals surface area contributed by atoms with Gasteiger partial charge in [0, 0.05) is 54.5 Å². The monoisotopic (exact) mass is 458 g/mol. The van der Waals surface area contributed by atoms with E-state index in [4.69, 9.17) is 10.2 Å². The molecule has 1 aromatic carbocycles. The van der Waals surface area contributed by atoms with Crippen molar-refractivity contribution in [3.05, 3.63) is 48.4 Å². The number of anilines is 1. The standard InChI is InChI=1S/C24H22N6O2S/c1-14(31)29-7-5-16(6-8-29)30-12-15(10-28-30)19-11-26-24(25)22-18(19)9-21(32-22)17-3-2-4-20-23(17)33-13-27-20/h2-4,9-13,16H,5-8H2,1H3,(H2,25,26). The lowest BCUT2D eigenvalue weighted by Crippen LogP contribution is -2.37. The highest BCUT2D eigenvalue weighted by atomic mass is 32.1. The molecular formula is C24H22N6O2S. The van der Waals surface area contributed by atoms with Crippen molar-refractivity contribution in [1.82, 2.24) is 24.6 Å². The molecular weight excluding hydrogens is 436 g/mol. The molecule has 1 aliphatic heterocycles. The Labute approximate surface area is 193 Å². The molecule has 0 radical (unpaired) electrons. The molecule has 33 heavy (non-hydrogen) atoms. The number of hydrogen-bond acceptors (Lipinski definition) is 7. The molecule has 0 aliphatic carbocycles. The van der Waals surface area contributed by atoms with Crippen LogP contribution < -0.4 is 5.73 Å². The van der Waals surface area contributed by atoms with Gasteiger partial charge in [-0.1, -0.05) is 6.07 Å². The van der Waals surface area contributed by atoms with Crippen LogP contribution in [0.25, 0.3) is 43.6 Å². The molecule has 5 aromatic rings. The Bertz CT molecular complexity index is 1490. The predicted octanol–water partition coefficient (Wildman–Crippen LogP) is 4.73. The van der Waals surface area contributed by atoms with Crippen LogP contribution in [0.4, 0.5) is 5.82 Å². The van der Waals surface area contributed by atoms with Gasteiger partial charge in [-0.25, -0.2) is 9.97 Å². The van der Waals surface area contributed by atoms with Crippen molar-refractivity contribution in [3.8, 4) is 22.5 Å². The first-order valence-corrected chi connectivity index (χ1v) is 11.8. The van der Waals surface area contributed by atoms with Crippen molar-refractivity contribution in [2.24, 2.45) is 0 Å². The molecule has 6 rings (SSSR count). The first-order valence-electron chi connectivity index (χ1n) is 10.9. The Hall–Kier alpha value is -3.72. The number of carbonyl (C=O) groups excluding carboxylic acids is 1. The molecule has 0 atom stereocenters. The van der Waals surface area contributed by atoms with E-state index in [1.165, 1.54) is 0 Å². The smallest absolute Gasteiger partial charge is 0.219 e. The normalized spacial score (nSPS) is 15.0. The Morgan fingerprint density at radius 3 is 2.85 bits per heavy atom. The van der Waals surface area contributed by atoms with Crippen LogP contribution >= 0.6 is 11.3 Å². The summed E-state index contributed by atoms with van der Waals surface area (Å²) in [7, 11) is 0. The Morgan fingerprint density at radius 1 is 1.18 bits per heavy atom. The zero-order valence-electron chi connectivity index (χ0n) is 18.1. The molecule has 0 bridgehead atoms. The average Bonchev–Trinajstić information content (AvgIpc) is 3.58. The fraction of sp³-hybridized carbons (Fsp3) is 0.250. The van der Waals surface area contributed by atoms with Crippen LogP contribution in [0.3, 0.4) is 0 Å². The van der Waals surface area contributed by atoms with Gasteiger partial charge < -0.3 is 15.1 Å². The van der Waals surface area contributed by atoms with Crippen molar-refractivity contribution in [1.29, 1.82) is 0 Å². The molecule has 1 amide bonds. The first-order chi connectivity index (χ1) is 16.1. The Balaban J connectivity index is 1.38. The molecule has 0 saturated carbocycles. The lowest BCUT2D eigenvalue weighted by Gasteiger charge is -2.31. The average molecular weight is 459 g/mol. The van der Waals surface area contributed by atoms with Crippen LogP contribution in [-0.4, -0.2) is 43.6 Å². The largest absolute Gasteiger partial charge is 0.452 e. The Kier molecular flexibility index (Phi) is 4.65. The zero-order valence-corrected chi connectivity index (χ0v) is 18.9. The highest BCUT2D eigenvalue weighted by Gasteiger charge is 2.23. The molecule has 4 aromatic heterocycles. The second-order valence-corrected chi connectivity index (χ2v) is 9.22. The minimum Gasteiger partial charge on any atom is -0.452 e. The fourth-order valence-corrected chi connectivity index (χ4v) is 5.42. The van der Waals surface area contributed by atoms with Crippen LogP contribution in [0, 0.1) is 0 Å². The molecule has 8 nitrogen and oxygen atoms in total. The summed E-state index contributed by atoms with van der Waals surface area (Å²) in [6.45, 7) is 3.15. The maximum Gasteiger partial charge on any atom is 0.219 e. The number of pyridine rings is 1. The van der Waals surface area contributed by atoms with Crippen LogP contribution in [-0.2, 0) is 4.79 Å². The SMILES string of the molecule is CC(=O)N1CCC(n2cc(-c3cnc(N)c4oc(-c5cccc6ncsc56)cc34)cn2)CC1. The van der Waals surface area contributed by atoms with Gasteiger partial charge in [-0.15, -0.1) is 11.3 Å². The van der Waals surface area contributed by atoms with E-state index in [0.717, 1.165) is 64.0 Å². The lowest BCUT2D eigenvalue weighted by atomic mass is 10.0. The number of aromatic nitrogens is 4. The molecule has 1 aliphatic rings. The van der Waals surface area contributed by atoms with E-state index in [1.807, 2.05) is 45.6 Å². The second kappa shape index (κ2) is 7.70. The van der Waals surface area contributed by atoms with Crippen LogP contribution in [0.5, 0.6) is 0 Å². The lowest BCUT2D eigenvalue weighted by molar-refractivity contribution is -0.130. The van der Waals surface area contributed by atoms with Gasteiger partial charge in [0.05, 0.1) is 28.0 Å². The summed E-state index contributed by atoms with van der Waals surface area (Å²) in [5.41, 5.74) is 12.4. The third kappa shape index (κ3) is 3.36. The molecule has 166 valence electrons. The summed E-state index contributed by atoms with van der Waals surface area (Å²) >= 11 is 1.59. The number of nitrogens with two attached hydrogens (primary N) is 1. The summed E-state index contributed by atoms with van der Waals surface area (Å²) in [6, 6.07) is 8.31. The van der Waals surface area contributed by atoms with Gasteiger partial charge in [0.1, 0.15) is 5.76 Å². The van der Waals surface area contributed by atoms with Crippen molar-refractivity contribution in [2.75, 3.05) is 18.8 Å². The number of amides is 1. The van der Waals surface area contributed by atoms with Crippen molar-refractivity contribution >= 4 is 44.2 Å². The van der Waals surface area contributed by atoms with Crippen LogP contribution in [0.15, 0.2) is 52.8 Å². The number of nitrogen functional groups attached to an aromatic ring is 1. The third-order valence-corrected chi connectivity index (χ3v) is 7.28. The molecule has 0 unspecified atom stereocenters. The maximum absolute atomic E-state index is 11.6. The van der Waals surface area contributed by atoms with Crippen LogP contribution in [0.1, 0.15) is 25.8 Å². The zero-order chi connectivity index (χ0) is 22.5. The van der Waals surface area contributed by atoms with Gasteiger partial charge in [0.25, 0.3) is 0 Å². The number of rotatable bonds is 3. The van der Waals surface area contributed by atoms with Crippen molar-refractivity contribution < 1.29 is 9.21 Å². The summed E-state index contributed by atoms with van der Waals surface area (Å²) in [5.74, 6) is 1.24.